The van der Waals surface area contributed by atoms with Crippen LogP contribution in [0.3, 0.4) is 0 Å². The Balaban J connectivity index is 1.77. The van der Waals surface area contributed by atoms with Crippen LogP contribution in [0, 0.1) is 23.7 Å². The smallest absolute Gasteiger partial charge is 0.251 e. The Kier molecular flexibility index (Phi) is 6.50. The van der Waals surface area contributed by atoms with E-state index in [1.807, 2.05) is 0 Å². The normalized spacial score (nSPS) is 32.1. The summed E-state index contributed by atoms with van der Waals surface area (Å²) in [6.45, 7) is 9.69. The zero-order valence-corrected chi connectivity index (χ0v) is 18.3. The number of sulfonamides is 1. The van der Waals surface area contributed by atoms with E-state index in [4.69, 9.17) is 0 Å². The monoisotopic (exact) mass is 406 g/mol. The summed E-state index contributed by atoms with van der Waals surface area (Å²) < 4.78 is 27.8. The second kappa shape index (κ2) is 8.54. The highest BCUT2D eigenvalue weighted by Gasteiger charge is 2.32. The maximum Gasteiger partial charge on any atom is 0.251 e. The van der Waals surface area contributed by atoms with E-state index in [9.17, 15) is 13.2 Å². The lowest BCUT2D eigenvalue weighted by Crippen LogP contribution is -2.44. The van der Waals surface area contributed by atoms with Crippen molar-refractivity contribution in [1.29, 1.82) is 0 Å². The lowest BCUT2D eigenvalue weighted by molar-refractivity contribution is 0.0891. The summed E-state index contributed by atoms with van der Waals surface area (Å²) in [4.78, 5) is 13.0. The zero-order valence-electron chi connectivity index (χ0n) is 17.5. The van der Waals surface area contributed by atoms with Gasteiger partial charge in [0, 0.05) is 24.7 Å². The molecule has 2 fully saturated rings. The number of carbonyl (C=O) groups is 1. The summed E-state index contributed by atoms with van der Waals surface area (Å²) in [5.41, 5.74) is 0.421. The van der Waals surface area contributed by atoms with Crippen LogP contribution >= 0.6 is 0 Å². The topological polar surface area (TPSA) is 66.5 Å². The van der Waals surface area contributed by atoms with Gasteiger partial charge < -0.3 is 5.32 Å². The highest BCUT2D eigenvalue weighted by atomic mass is 32.2. The third-order valence-electron chi connectivity index (χ3n) is 6.59. The minimum atomic E-state index is -3.58. The molecule has 156 valence electrons. The van der Waals surface area contributed by atoms with Crippen molar-refractivity contribution in [1.82, 2.24) is 9.62 Å². The number of nitrogens with zero attached hydrogens (tertiary/aromatic N) is 1. The summed E-state index contributed by atoms with van der Waals surface area (Å²) in [6, 6.07) is 6.66. The summed E-state index contributed by atoms with van der Waals surface area (Å²) in [7, 11) is -3.58. The molecule has 1 aliphatic carbocycles. The fraction of sp³-hybridized carbons (Fsp3) is 0.682. The van der Waals surface area contributed by atoms with E-state index in [-0.39, 0.29) is 16.8 Å². The number of piperidine rings is 1. The Bertz CT molecular complexity index is 798. The second-order valence-corrected chi connectivity index (χ2v) is 11.1. The van der Waals surface area contributed by atoms with Gasteiger partial charge in [-0.15, -0.1) is 0 Å². The molecule has 0 radical (unpaired) electrons. The van der Waals surface area contributed by atoms with E-state index in [1.165, 1.54) is 12.5 Å². The average Bonchev–Trinajstić information content (AvgIpc) is 2.64. The fourth-order valence-corrected chi connectivity index (χ4v) is 6.51. The van der Waals surface area contributed by atoms with Gasteiger partial charge in [-0.25, -0.2) is 8.42 Å². The van der Waals surface area contributed by atoms with E-state index in [0.717, 1.165) is 19.3 Å². The largest absolute Gasteiger partial charge is 0.349 e. The highest BCUT2D eigenvalue weighted by Crippen LogP contribution is 2.30. The molecule has 6 heteroatoms. The zero-order chi connectivity index (χ0) is 20.5. The molecule has 1 saturated heterocycles. The molecule has 5 nitrogen and oxygen atoms in total. The Morgan fingerprint density at radius 3 is 2.43 bits per heavy atom. The van der Waals surface area contributed by atoms with Gasteiger partial charge in [0.05, 0.1) is 4.90 Å². The SMILES string of the molecule is C[C@@H]1C[C@H](C)CN(S(=O)(=O)c2cccc(C(=O)N[C@@H]3CCC[C@H](C)[C@H]3C)c2)C1. The molecule has 0 bridgehead atoms. The van der Waals surface area contributed by atoms with Crippen molar-refractivity contribution >= 4 is 15.9 Å². The molecular formula is C22H34N2O3S. The lowest BCUT2D eigenvalue weighted by Gasteiger charge is -2.35. The van der Waals surface area contributed by atoms with Crippen molar-refractivity contribution in [2.45, 2.75) is 64.3 Å². The molecule has 0 spiro atoms. The van der Waals surface area contributed by atoms with Crippen LogP contribution in [0.1, 0.15) is 63.7 Å². The third-order valence-corrected chi connectivity index (χ3v) is 8.42. The maximum atomic E-state index is 13.1. The van der Waals surface area contributed by atoms with Crippen molar-refractivity contribution in [2.24, 2.45) is 23.7 Å². The van der Waals surface area contributed by atoms with Gasteiger partial charge in [-0.3, -0.25) is 4.79 Å². The van der Waals surface area contributed by atoms with Gasteiger partial charge in [0.1, 0.15) is 0 Å². The summed E-state index contributed by atoms with van der Waals surface area (Å²) >= 11 is 0. The first-order chi connectivity index (χ1) is 13.2. The van der Waals surface area contributed by atoms with Crippen LogP contribution in [0.15, 0.2) is 29.2 Å². The molecule has 0 aromatic heterocycles. The number of hydrogen-bond acceptors (Lipinski definition) is 3. The van der Waals surface area contributed by atoms with E-state index >= 15 is 0 Å². The summed E-state index contributed by atoms with van der Waals surface area (Å²) in [5, 5.41) is 3.14. The molecule has 5 atom stereocenters. The fourth-order valence-electron chi connectivity index (χ4n) is 4.79. The maximum absolute atomic E-state index is 13.1. The van der Waals surface area contributed by atoms with Crippen LogP contribution in [0.2, 0.25) is 0 Å². The van der Waals surface area contributed by atoms with Crippen LogP contribution in [0.4, 0.5) is 0 Å². The predicted molar refractivity (Wildman–Crippen MR) is 112 cm³/mol. The Morgan fingerprint density at radius 2 is 1.75 bits per heavy atom. The Labute approximate surface area is 169 Å². The molecule has 2 aliphatic rings. The molecule has 1 aromatic rings. The standard InChI is InChI=1S/C22H34N2O3S/c1-15-11-16(2)14-24(13-15)28(26,27)20-9-6-8-19(12-20)22(25)23-21-10-5-7-17(3)18(21)4/h6,8-9,12,15-18,21H,5,7,10-11,13-14H2,1-4H3,(H,23,25)/t15-,16+,17-,18+,21+/m0/s1. The summed E-state index contributed by atoms with van der Waals surface area (Å²) in [5.74, 6) is 1.54. The van der Waals surface area contributed by atoms with Gasteiger partial charge in [-0.05, 0) is 54.7 Å². The molecule has 1 N–H and O–H groups in total. The first kappa shape index (κ1) is 21.3. The van der Waals surface area contributed by atoms with E-state index in [0.29, 0.717) is 42.3 Å². The van der Waals surface area contributed by atoms with E-state index in [2.05, 4.69) is 33.0 Å². The molecule has 1 aliphatic heterocycles. The number of rotatable bonds is 4. The Hall–Kier alpha value is -1.40. The van der Waals surface area contributed by atoms with Crippen LogP contribution < -0.4 is 5.32 Å². The summed E-state index contributed by atoms with van der Waals surface area (Å²) in [6.07, 6.45) is 4.36. The Morgan fingerprint density at radius 1 is 1.07 bits per heavy atom. The number of benzene rings is 1. The molecule has 1 amide bonds. The van der Waals surface area contributed by atoms with Gasteiger partial charge in [0.25, 0.3) is 5.91 Å². The van der Waals surface area contributed by atoms with Crippen LogP contribution in [-0.4, -0.2) is 37.8 Å². The number of hydrogen-bond donors (Lipinski definition) is 1. The van der Waals surface area contributed by atoms with Crippen molar-refractivity contribution in [3.05, 3.63) is 29.8 Å². The van der Waals surface area contributed by atoms with Gasteiger partial charge >= 0.3 is 0 Å². The number of amides is 1. The third kappa shape index (κ3) is 4.60. The lowest BCUT2D eigenvalue weighted by atomic mass is 9.78. The molecular weight excluding hydrogens is 372 g/mol. The molecule has 0 unspecified atom stereocenters. The van der Waals surface area contributed by atoms with Crippen molar-refractivity contribution in [2.75, 3.05) is 13.1 Å². The first-order valence-corrected chi connectivity index (χ1v) is 12.0. The van der Waals surface area contributed by atoms with E-state index in [1.54, 1.807) is 22.5 Å². The molecule has 1 heterocycles. The van der Waals surface area contributed by atoms with Crippen molar-refractivity contribution in [3.63, 3.8) is 0 Å². The van der Waals surface area contributed by atoms with Crippen LogP contribution in [0.5, 0.6) is 0 Å². The van der Waals surface area contributed by atoms with Crippen LogP contribution in [0.25, 0.3) is 0 Å². The molecule has 28 heavy (non-hydrogen) atoms. The van der Waals surface area contributed by atoms with Gasteiger partial charge in [0.15, 0.2) is 0 Å². The van der Waals surface area contributed by atoms with Gasteiger partial charge in [0.2, 0.25) is 10.0 Å². The van der Waals surface area contributed by atoms with Crippen molar-refractivity contribution in [3.8, 4) is 0 Å². The second-order valence-electron chi connectivity index (χ2n) is 9.14. The van der Waals surface area contributed by atoms with Crippen LogP contribution in [-0.2, 0) is 10.0 Å². The predicted octanol–water partition coefficient (Wildman–Crippen LogP) is 3.91. The molecule has 1 saturated carbocycles. The molecule has 3 rings (SSSR count). The minimum absolute atomic E-state index is 0.153. The number of carbonyl (C=O) groups excluding carboxylic acids is 1. The number of nitrogens with one attached hydrogen (secondary N) is 1. The van der Waals surface area contributed by atoms with Crippen molar-refractivity contribution < 1.29 is 13.2 Å². The highest BCUT2D eigenvalue weighted by molar-refractivity contribution is 7.89. The quantitative estimate of drug-likeness (QED) is 0.824. The van der Waals surface area contributed by atoms with Gasteiger partial charge in [-0.2, -0.15) is 4.31 Å². The average molecular weight is 407 g/mol. The first-order valence-electron chi connectivity index (χ1n) is 10.6. The minimum Gasteiger partial charge on any atom is -0.349 e. The van der Waals surface area contributed by atoms with E-state index < -0.39 is 10.0 Å². The van der Waals surface area contributed by atoms with Gasteiger partial charge in [-0.1, -0.05) is 46.6 Å². The molecule has 1 aromatic carbocycles.